The first kappa shape index (κ1) is 21.5. The van der Waals surface area contributed by atoms with E-state index in [1.54, 1.807) is 26.5 Å². The summed E-state index contributed by atoms with van der Waals surface area (Å²) in [6, 6.07) is 7.82. The minimum atomic E-state index is -0.536. The van der Waals surface area contributed by atoms with Gasteiger partial charge in [-0.3, -0.25) is 9.59 Å². The number of carbonyl (C=O) groups is 3. The van der Waals surface area contributed by atoms with Crippen molar-refractivity contribution in [3.63, 3.8) is 0 Å². The van der Waals surface area contributed by atoms with Crippen molar-refractivity contribution in [2.45, 2.75) is 37.7 Å². The zero-order valence-corrected chi connectivity index (χ0v) is 18.3. The van der Waals surface area contributed by atoms with Gasteiger partial charge < -0.3 is 19.4 Å². The van der Waals surface area contributed by atoms with E-state index in [1.165, 1.54) is 0 Å². The lowest BCUT2D eigenvalue weighted by molar-refractivity contribution is -0.137. The van der Waals surface area contributed by atoms with Gasteiger partial charge in [0.05, 0.1) is 5.92 Å². The predicted octanol–water partition coefficient (Wildman–Crippen LogP) is 2.84. The molecule has 8 heteroatoms. The maximum absolute atomic E-state index is 12.9. The van der Waals surface area contributed by atoms with E-state index in [4.69, 9.17) is 4.74 Å². The van der Waals surface area contributed by atoms with Gasteiger partial charge in [0.15, 0.2) is 0 Å². The Hall–Kier alpha value is -2.22. The van der Waals surface area contributed by atoms with Gasteiger partial charge in [0, 0.05) is 49.7 Å². The van der Waals surface area contributed by atoms with Crippen molar-refractivity contribution < 1.29 is 19.1 Å². The molecule has 1 atom stereocenters. The average molecular weight is 420 g/mol. The molecule has 0 radical (unpaired) electrons. The summed E-state index contributed by atoms with van der Waals surface area (Å²) in [5.74, 6) is -0.367. The predicted molar refractivity (Wildman–Crippen MR) is 113 cm³/mol. The van der Waals surface area contributed by atoms with Gasteiger partial charge in [-0.1, -0.05) is 0 Å². The zero-order chi connectivity index (χ0) is 21.2. The van der Waals surface area contributed by atoms with E-state index in [0.29, 0.717) is 32.7 Å². The van der Waals surface area contributed by atoms with Gasteiger partial charge in [0.25, 0.3) is 0 Å². The van der Waals surface area contributed by atoms with Gasteiger partial charge in [0.2, 0.25) is 11.8 Å². The van der Waals surface area contributed by atoms with Crippen LogP contribution >= 0.6 is 11.8 Å². The summed E-state index contributed by atoms with van der Waals surface area (Å²) in [5, 5.41) is 0. The highest BCUT2D eigenvalue weighted by Gasteiger charge is 2.38. The maximum Gasteiger partial charge on any atom is 0.410 e. The second kappa shape index (κ2) is 8.65. The number of piperazine rings is 1. The second-order valence-corrected chi connectivity index (χ2v) is 9.28. The third-order valence-electron chi connectivity index (χ3n) is 5.10. The number of thioether (sulfide) groups is 1. The highest BCUT2D eigenvalue weighted by molar-refractivity contribution is 7.98. The molecule has 0 N–H and O–H groups in total. The lowest BCUT2D eigenvalue weighted by Gasteiger charge is -2.36. The molecule has 2 aliphatic rings. The smallest absolute Gasteiger partial charge is 0.410 e. The van der Waals surface area contributed by atoms with Gasteiger partial charge in [-0.25, -0.2) is 4.79 Å². The normalized spacial score (nSPS) is 20.2. The van der Waals surface area contributed by atoms with Gasteiger partial charge in [-0.15, -0.1) is 11.8 Å². The summed E-state index contributed by atoms with van der Waals surface area (Å²) in [5.41, 5.74) is 0.295. The van der Waals surface area contributed by atoms with Crippen LogP contribution in [0.5, 0.6) is 0 Å². The summed E-state index contributed by atoms with van der Waals surface area (Å²) in [6.45, 7) is 7.73. The van der Waals surface area contributed by atoms with E-state index < -0.39 is 5.60 Å². The molecular weight excluding hydrogens is 390 g/mol. The van der Waals surface area contributed by atoms with E-state index in [-0.39, 0.29) is 30.2 Å². The molecule has 29 heavy (non-hydrogen) atoms. The molecule has 0 bridgehead atoms. The van der Waals surface area contributed by atoms with Crippen molar-refractivity contribution in [2.24, 2.45) is 5.92 Å². The Labute approximate surface area is 176 Å². The summed E-state index contributed by atoms with van der Waals surface area (Å²) < 4.78 is 5.40. The van der Waals surface area contributed by atoms with E-state index >= 15 is 0 Å². The lowest BCUT2D eigenvalue weighted by Crippen LogP contribution is -2.53. The Balaban J connectivity index is 1.55. The Morgan fingerprint density at radius 2 is 1.62 bits per heavy atom. The molecule has 0 aliphatic carbocycles. The number of rotatable bonds is 3. The molecule has 0 unspecified atom stereocenters. The Bertz CT molecular complexity index is 767. The molecule has 1 aromatic carbocycles. The number of benzene rings is 1. The fourth-order valence-electron chi connectivity index (χ4n) is 3.58. The second-order valence-electron chi connectivity index (χ2n) is 8.40. The summed E-state index contributed by atoms with van der Waals surface area (Å²) >= 11 is 1.65. The standard InChI is InChI=1S/C21H29N3O4S/c1-21(2,3)28-20(27)23-11-9-22(10-12-23)19(26)15-13-18(25)24(14-15)16-5-7-17(29-4)8-6-16/h5-8,15H,9-14H2,1-4H3/t15-/m1/s1. The molecule has 0 saturated carbocycles. The van der Waals surface area contributed by atoms with Crippen LogP contribution in [0.25, 0.3) is 0 Å². The van der Waals surface area contributed by atoms with Gasteiger partial charge in [-0.2, -0.15) is 0 Å². The molecule has 2 aliphatic heterocycles. The lowest BCUT2D eigenvalue weighted by atomic mass is 10.1. The monoisotopic (exact) mass is 419 g/mol. The number of amides is 3. The summed E-state index contributed by atoms with van der Waals surface area (Å²) in [6.07, 6.45) is 1.89. The average Bonchev–Trinajstić information content (AvgIpc) is 3.08. The summed E-state index contributed by atoms with van der Waals surface area (Å²) in [4.78, 5) is 43.8. The molecule has 158 valence electrons. The number of hydrogen-bond donors (Lipinski definition) is 0. The fraction of sp³-hybridized carbons (Fsp3) is 0.571. The van der Waals surface area contributed by atoms with Crippen LogP contribution < -0.4 is 4.90 Å². The highest BCUT2D eigenvalue weighted by Crippen LogP contribution is 2.28. The van der Waals surface area contributed by atoms with Crippen LogP contribution in [0.15, 0.2) is 29.2 Å². The first-order chi connectivity index (χ1) is 13.7. The Morgan fingerprint density at radius 1 is 1.03 bits per heavy atom. The summed E-state index contributed by atoms with van der Waals surface area (Å²) in [7, 11) is 0. The van der Waals surface area contributed by atoms with Crippen LogP contribution in [0, 0.1) is 5.92 Å². The van der Waals surface area contributed by atoms with E-state index in [2.05, 4.69) is 0 Å². The molecular formula is C21H29N3O4S. The van der Waals surface area contributed by atoms with Crippen LogP contribution in [0.2, 0.25) is 0 Å². The minimum Gasteiger partial charge on any atom is -0.444 e. The van der Waals surface area contributed by atoms with Crippen LogP contribution in [0.3, 0.4) is 0 Å². The molecule has 0 aromatic heterocycles. The fourth-order valence-corrected chi connectivity index (χ4v) is 3.99. The van der Waals surface area contributed by atoms with Crippen molar-refractivity contribution in [1.82, 2.24) is 9.80 Å². The van der Waals surface area contributed by atoms with E-state index in [9.17, 15) is 14.4 Å². The number of anilines is 1. The molecule has 2 fully saturated rings. The third kappa shape index (κ3) is 5.23. The molecule has 3 amide bonds. The minimum absolute atomic E-state index is 0.00887. The van der Waals surface area contributed by atoms with Gasteiger partial charge >= 0.3 is 6.09 Å². The number of carbonyl (C=O) groups excluding carboxylic acids is 3. The van der Waals surface area contributed by atoms with Gasteiger partial charge in [0.1, 0.15) is 5.60 Å². The van der Waals surface area contributed by atoms with Crippen LogP contribution in [0.4, 0.5) is 10.5 Å². The molecule has 3 rings (SSSR count). The first-order valence-corrected chi connectivity index (χ1v) is 11.1. The SMILES string of the molecule is CSc1ccc(N2C[C@H](C(=O)N3CCN(C(=O)OC(C)(C)C)CC3)CC2=O)cc1. The first-order valence-electron chi connectivity index (χ1n) is 9.89. The molecule has 0 spiro atoms. The maximum atomic E-state index is 12.9. The van der Waals surface area contributed by atoms with Crippen molar-refractivity contribution in [3.8, 4) is 0 Å². The number of ether oxygens (including phenoxy) is 1. The van der Waals surface area contributed by atoms with Crippen molar-refractivity contribution in [2.75, 3.05) is 43.9 Å². The van der Waals surface area contributed by atoms with Crippen LogP contribution in [-0.2, 0) is 14.3 Å². The third-order valence-corrected chi connectivity index (χ3v) is 5.84. The van der Waals surface area contributed by atoms with E-state index in [1.807, 2.05) is 51.3 Å². The largest absolute Gasteiger partial charge is 0.444 e. The Kier molecular flexibility index (Phi) is 6.41. The van der Waals surface area contributed by atoms with Crippen LogP contribution in [0.1, 0.15) is 27.2 Å². The zero-order valence-electron chi connectivity index (χ0n) is 17.5. The molecule has 1 aromatic rings. The molecule has 2 heterocycles. The van der Waals surface area contributed by atoms with E-state index in [0.717, 1.165) is 10.6 Å². The molecule has 7 nitrogen and oxygen atoms in total. The van der Waals surface area contributed by atoms with Crippen molar-refractivity contribution in [3.05, 3.63) is 24.3 Å². The number of hydrogen-bond acceptors (Lipinski definition) is 5. The number of nitrogens with zero attached hydrogens (tertiary/aromatic N) is 3. The van der Waals surface area contributed by atoms with Crippen LogP contribution in [-0.4, -0.2) is 72.3 Å². The highest BCUT2D eigenvalue weighted by atomic mass is 32.2. The Morgan fingerprint density at radius 3 is 2.17 bits per heavy atom. The van der Waals surface area contributed by atoms with Gasteiger partial charge in [-0.05, 0) is 51.3 Å². The van der Waals surface area contributed by atoms with Crippen molar-refractivity contribution in [1.29, 1.82) is 0 Å². The molecule has 2 saturated heterocycles. The van der Waals surface area contributed by atoms with Crippen molar-refractivity contribution >= 4 is 35.4 Å². The quantitative estimate of drug-likeness (QED) is 0.705. The topological polar surface area (TPSA) is 70.2 Å².